The number of nitrogens with one attached hydrogen (secondary N) is 2. The zero-order valence-corrected chi connectivity index (χ0v) is 12.6. The van der Waals surface area contributed by atoms with Crippen molar-refractivity contribution >= 4 is 11.6 Å². The molecule has 0 saturated carbocycles. The second kappa shape index (κ2) is 7.60. The van der Waals surface area contributed by atoms with E-state index in [1.54, 1.807) is 0 Å². The first kappa shape index (κ1) is 15.3. The third-order valence-electron chi connectivity index (χ3n) is 3.28. The molecule has 2 rings (SSSR count). The predicted molar refractivity (Wildman–Crippen MR) is 87.6 cm³/mol. The van der Waals surface area contributed by atoms with Crippen LogP contribution in [0.15, 0.2) is 48.5 Å². The van der Waals surface area contributed by atoms with Crippen LogP contribution in [0.4, 0.5) is 5.69 Å². The van der Waals surface area contributed by atoms with Crippen molar-refractivity contribution in [3.63, 3.8) is 0 Å². The maximum absolute atomic E-state index is 12.1. The number of carbonyl (C=O) groups excluding carboxylic acids is 1. The Hall–Kier alpha value is -2.13. The summed E-state index contributed by atoms with van der Waals surface area (Å²) in [6.45, 7) is 6.04. The average molecular weight is 282 g/mol. The first-order valence-electron chi connectivity index (χ1n) is 7.36. The van der Waals surface area contributed by atoms with Crippen molar-refractivity contribution in [2.75, 3.05) is 11.9 Å². The second-order valence-electron chi connectivity index (χ2n) is 5.19. The zero-order valence-electron chi connectivity index (χ0n) is 12.6. The van der Waals surface area contributed by atoms with E-state index in [1.807, 2.05) is 55.5 Å². The lowest BCUT2D eigenvalue weighted by Gasteiger charge is -2.07. The number of amides is 1. The highest BCUT2D eigenvalue weighted by Crippen LogP contribution is 2.12. The van der Waals surface area contributed by atoms with E-state index in [9.17, 15) is 4.79 Å². The number of hydrogen-bond acceptors (Lipinski definition) is 2. The lowest BCUT2D eigenvalue weighted by molar-refractivity contribution is 0.102. The lowest BCUT2D eigenvalue weighted by atomic mass is 10.1. The minimum Gasteiger partial charge on any atom is -0.322 e. The smallest absolute Gasteiger partial charge is 0.255 e. The molecule has 2 aromatic carbocycles. The summed E-state index contributed by atoms with van der Waals surface area (Å²) in [7, 11) is 0. The first-order valence-corrected chi connectivity index (χ1v) is 7.36. The summed E-state index contributed by atoms with van der Waals surface area (Å²) in [6.07, 6.45) is 1.13. The molecule has 0 saturated heterocycles. The van der Waals surface area contributed by atoms with Crippen LogP contribution in [0.2, 0.25) is 0 Å². The monoisotopic (exact) mass is 282 g/mol. The number of hydrogen-bond donors (Lipinski definition) is 2. The van der Waals surface area contributed by atoms with Gasteiger partial charge in [0.1, 0.15) is 0 Å². The Kier molecular flexibility index (Phi) is 5.52. The van der Waals surface area contributed by atoms with E-state index < -0.39 is 0 Å². The Morgan fingerprint density at radius 2 is 1.67 bits per heavy atom. The van der Waals surface area contributed by atoms with Gasteiger partial charge >= 0.3 is 0 Å². The van der Waals surface area contributed by atoms with Gasteiger partial charge < -0.3 is 10.6 Å². The standard InChI is InChI=1S/C18H22N2O/c1-3-12-19-13-15-6-10-17(11-7-15)20-18(21)16-8-4-14(2)5-9-16/h4-11,19H,3,12-13H2,1-2H3,(H,20,21). The normalized spacial score (nSPS) is 10.4. The molecule has 0 atom stereocenters. The number of carbonyl (C=O) groups is 1. The molecule has 2 N–H and O–H groups in total. The van der Waals surface area contributed by atoms with Crippen LogP contribution in [0.25, 0.3) is 0 Å². The SMILES string of the molecule is CCCNCc1ccc(NC(=O)c2ccc(C)cc2)cc1. The summed E-state index contributed by atoms with van der Waals surface area (Å²) in [5.74, 6) is -0.0770. The third-order valence-corrected chi connectivity index (χ3v) is 3.28. The molecule has 0 aromatic heterocycles. The molecular weight excluding hydrogens is 260 g/mol. The quantitative estimate of drug-likeness (QED) is 0.792. The van der Waals surface area contributed by atoms with E-state index in [-0.39, 0.29) is 5.91 Å². The molecule has 0 aliphatic rings. The number of rotatable bonds is 6. The molecule has 3 nitrogen and oxygen atoms in total. The summed E-state index contributed by atoms with van der Waals surface area (Å²) in [4.78, 5) is 12.1. The molecule has 1 amide bonds. The minimum atomic E-state index is -0.0770. The molecule has 110 valence electrons. The van der Waals surface area contributed by atoms with Gasteiger partial charge in [-0.25, -0.2) is 0 Å². The van der Waals surface area contributed by atoms with Gasteiger partial charge in [-0.15, -0.1) is 0 Å². The van der Waals surface area contributed by atoms with Crippen LogP contribution < -0.4 is 10.6 Å². The molecule has 0 aliphatic carbocycles. The van der Waals surface area contributed by atoms with Gasteiger partial charge in [0.05, 0.1) is 0 Å². The number of aryl methyl sites for hydroxylation is 1. The van der Waals surface area contributed by atoms with Crippen LogP contribution >= 0.6 is 0 Å². The van der Waals surface area contributed by atoms with Gasteiger partial charge in [-0.3, -0.25) is 4.79 Å². The molecule has 0 aliphatic heterocycles. The average Bonchev–Trinajstić information content (AvgIpc) is 2.50. The van der Waals surface area contributed by atoms with E-state index in [0.717, 1.165) is 30.8 Å². The first-order chi connectivity index (χ1) is 10.2. The van der Waals surface area contributed by atoms with Gasteiger partial charge in [0.15, 0.2) is 0 Å². The van der Waals surface area contributed by atoms with Crippen molar-refractivity contribution in [1.82, 2.24) is 5.32 Å². The van der Waals surface area contributed by atoms with Gasteiger partial charge in [-0.05, 0) is 49.7 Å². The number of benzene rings is 2. The van der Waals surface area contributed by atoms with Crippen molar-refractivity contribution in [2.24, 2.45) is 0 Å². The van der Waals surface area contributed by atoms with Gasteiger partial charge in [-0.1, -0.05) is 36.8 Å². The Labute approximate surface area is 126 Å². The van der Waals surface area contributed by atoms with Gasteiger partial charge in [0.25, 0.3) is 5.91 Å². The summed E-state index contributed by atoms with van der Waals surface area (Å²) in [5, 5.41) is 6.27. The lowest BCUT2D eigenvalue weighted by Crippen LogP contribution is -2.14. The fourth-order valence-electron chi connectivity index (χ4n) is 2.02. The molecule has 0 radical (unpaired) electrons. The van der Waals surface area contributed by atoms with E-state index in [2.05, 4.69) is 17.6 Å². The fraction of sp³-hybridized carbons (Fsp3) is 0.278. The largest absolute Gasteiger partial charge is 0.322 e. The third kappa shape index (κ3) is 4.72. The van der Waals surface area contributed by atoms with Crippen LogP contribution in [0, 0.1) is 6.92 Å². The second-order valence-corrected chi connectivity index (χ2v) is 5.19. The Morgan fingerprint density at radius 1 is 1.00 bits per heavy atom. The van der Waals surface area contributed by atoms with Crippen LogP contribution in [0.3, 0.4) is 0 Å². The maximum atomic E-state index is 12.1. The molecule has 0 fully saturated rings. The predicted octanol–water partition coefficient (Wildman–Crippen LogP) is 3.75. The van der Waals surface area contributed by atoms with E-state index in [0.29, 0.717) is 5.56 Å². The molecule has 0 bridgehead atoms. The molecule has 2 aromatic rings. The number of anilines is 1. The summed E-state index contributed by atoms with van der Waals surface area (Å²) >= 11 is 0. The molecular formula is C18H22N2O. The van der Waals surface area contributed by atoms with E-state index >= 15 is 0 Å². The van der Waals surface area contributed by atoms with Crippen LogP contribution in [-0.4, -0.2) is 12.5 Å². The van der Waals surface area contributed by atoms with Crippen molar-refractivity contribution in [3.05, 3.63) is 65.2 Å². The molecule has 3 heteroatoms. The van der Waals surface area contributed by atoms with Crippen LogP contribution in [0.1, 0.15) is 34.8 Å². The summed E-state index contributed by atoms with van der Waals surface area (Å²) in [6, 6.07) is 15.5. The fourth-order valence-corrected chi connectivity index (χ4v) is 2.02. The maximum Gasteiger partial charge on any atom is 0.255 e. The Morgan fingerprint density at radius 3 is 2.29 bits per heavy atom. The van der Waals surface area contributed by atoms with Crippen molar-refractivity contribution in [3.8, 4) is 0 Å². The highest BCUT2D eigenvalue weighted by Gasteiger charge is 2.05. The van der Waals surface area contributed by atoms with Crippen LogP contribution in [-0.2, 0) is 6.54 Å². The molecule has 0 heterocycles. The van der Waals surface area contributed by atoms with E-state index in [4.69, 9.17) is 0 Å². The summed E-state index contributed by atoms with van der Waals surface area (Å²) in [5.41, 5.74) is 3.86. The Balaban J connectivity index is 1.93. The van der Waals surface area contributed by atoms with E-state index in [1.165, 1.54) is 5.56 Å². The van der Waals surface area contributed by atoms with Gasteiger partial charge in [0, 0.05) is 17.8 Å². The Bertz CT molecular complexity index is 573. The van der Waals surface area contributed by atoms with Crippen LogP contribution in [0.5, 0.6) is 0 Å². The topological polar surface area (TPSA) is 41.1 Å². The molecule has 0 spiro atoms. The highest BCUT2D eigenvalue weighted by molar-refractivity contribution is 6.04. The minimum absolute atomic E-state index is 0.0770. The van der Waals surface area contributed by atoms with Crippen molar-refractivity contribution in [2.45, 2.75) is 26.8 Å². The summed E-state index contributed by atoms with van der Waals surface area (Å²) < 4.78 is 0. The van der Waals surface area contributed by atoms with Gasteiger partial charge in [0.2, 0.25) is 0 Å². The highest BCUT2D eigenvalue weighted by atomic mass is 16.1. The van der Waals surface area contributed by atoms with Crippen molar-refractivity contribution < 1.29 is 4.79 Å². The molecule has 0 unspecified atom stereocenters. The van der Waals surface area contributed by atoms with Gasteiger partial charge in [-0.2, -0.15) is 0 Å². The van der Waals surface area contributed by atoms with Crippen molar-refractivity contribution in [1.29, 1.82) is 0 Å². The molecule has 21 heavy (non-hydrogen) atoms. The zero-order chi connectivity index (χ0) is 15.1.